The van der Waals surface area contributed by atoms with E-state index < -0.39 is 0 Å². The van der Waals surface area contributed by atoms with Crippen LogP contribution >= 0.6 is 12.4 Å². The van der Waals surface area contributed by atoms with Crippen LogP contribution in [0.5, 0.6) is 5.75 Å². The van der Waals surface area contributed by atoms with Gasteiger partial charge in [-0.2, -0.15) is 0 Å². The fourth-order valence-electron chi connectivity index (χ4n) is 3.28. The van der Waals surface area contributed by atoms with Gasteiger partial charge in [-0.05, 0) is 54.3 Å². The Kier molecular flexibility index (Phi) is 6.08. The van der Waals surface area contributed by atoms with E-state index in [0.29, 0.717) is 12.5 Å². The predicted molar refractivity (Wildman–Crippen MR) is 99.9 cm³/mol. The van der Waals surface area contributed by atoms with Crippen LogP contribution in [0.2, 0.25) is 0 Å². The minimum atomic E-state index is -0.127. The molecular weight excluding hydrogens is 324 g/mol. The summed E-state index contributed by atoms with van der Waals surface area (Å²) in [4.78, 5) is 14.7. The van der Waals surface area contributed by atoms with Gasteiger partial charge in [-0.15, -0.1) is 12.4 Å². The molecule has 1 amide bonds. The first-order valence-corrected chi connectivity index (χ1v) is 8.19. The molecule has 0 spiro atoms. The number of benzene rings is 2. The molecule has 0 radical (unpaired) electrons. The van der Waals surface area contributed by atoms with Crippen molar-refractivity contribution in [3.63, 3.8) is 0 Å². The van der Waals surface area contributed by atoms with E-state index in [1.807, 2.05) is 36.1 Å². The van der Waals surface area contributed by atoms with Gasteiger partial charge in [0.05, 0.1) is 13.0 Å². The Bertz CT molecular complexity index is 720. The quantitative estimate of drug-likeness (QED) is 0.923. The lowest BCUT2D eigenvalue weighted by atomic mass is 9.96. The maximum absolute atomic E-state index is 12.7. The molecule has 1 fully saturated rings. The number of hydrogen-bond donors (Lipinski definition) is 1. The molecule has 24 heavy (non-hydrogen) atoms. The van der Waals surface area contributed by atoms with Crippen LogP contribution in [0.3, 0.4) is 0 Å². The SMILES string of the molecule is COc1ccc2cc(C(C)C(=O)N3CCC(CN)C3)ccc2c1.Cl. The fraction of sp³-hybridized carbons (Fsp3) is 0.421. The Hall–Kier alpha value is -1.78. The summed E-state index contributed by atoms with van der Waals surface area (Å²) in [5, 5.41) is 2.25. The van der Waals surface area contributed by atoms with Gasteiger partial charge in [0.1, 0.15) is 5.75 Å². The predicted octanol–water partition coefficient (Wildman–Crippen LogP) is 3.18. The van der Waals surface area contributed by atoms with Crippen LogP contribution in [-0.2, 0) is 4.79 Å². The third-order valence-corrected chi connectivity index (χ3v) is 4.87. The minimum absolute atomic E-state index is 0. The molecular formula is C19H25ClN2O2. The molecule has 2 unspecified atom stereocenters. The maximum Gasteiger partial charge on any atom is 0.229 e. The average molecular weight is 349 g/mol. The van der Waals surface area contributed by atoms with Gasteiger partial charge in [0.25, 0.3) is 0 Å². The summed E-state index contributed by atoms with van der Waals surface area (Å²) in [7, 11) is 1.67. The van der Waals surface area contributed by atoms with Crippen molar-refractivity contribution in [2.24, 2.45) is 11.7 Å². The van der Waals surface area contributed by atoms with Crippen molar-refractivity contribution in [1.82, 2.24) is 4.90 Å². The van der Waals surface area contributed by atoms with Crippen molar-refractivity contribution < 1.29 is 9.53 Å². The Morgan fingerprint density at radius 3 is 2.67 bits per heavy atom. The van der Waals surface area contributed by atoms with Crippen molar-refractivity contribution in [3.05, 3.63) is 42.0 Å². The molecule has 5 heteroatoms. The number of rotatable bonds is 4. The number of nitrogens with two attached hydrogens (primary N) is 1. The van der Waals surface area contributed by atoms with Gasteiger partial charge in [-0.3, -0.25) is 4.79 Å². The number of amides is 1. The van der Waals surface area contributed by atoms with Gasteiger partial charge in [0.15, 0.2) is 0 Å². The molecule has 1 aliphatic heterocycles. The van der Waals surface area contributed by atoms with E-state index in [0.717, 1.165) is 41.6 Å². The molecule has 2 aromatic rings. The highest BCUT2D eigenvalue weighted by atomic mass is 35.5. The molecule has 1 aliphatic rings. The van der Waals surface area contributed by atoms with Gasteiger partial charge in [-0.1, -0.05) is 24.3 Å². The van der Waals surface area contributed by atoms with Gasteiger partial charge in [-0.25, -0.2) is 0 Å². The fourth-order valence-corrected chi connectivity index (χ4v) is 3.28. The lowest BCUT2D eigenvalue weighted by molar-refractivity contribution is -0.131. The molecule has 3 rings (SSSR count). The summed E-state index contributed by atoms with van der Waals surface area (Å²) in [6.07, 6.45) is 1.02. The molecule has 2 aromatic carbocycles. The van der Waals surface area contributed by atoms with Crippen LogP contribution in [0.4, 0.5) is 0 Å². The first kappa shape index (κ1) is 18.6. The Morgan fingerprint density at radius 2 is 2.00 bits per heavy atom. The minimum Gasteiger partial charge on any atom is -0.497 e. The number of hydrogen-bond acceptors (Lipinski definition) is 3. The van der Waals surface area contributed by atoms with Crippen LogP contribution < -0.4 is 10.5 Å². The van der Waals surface area contributed by atoms with Gasteiger partial charge in [0.2, 0.25) is 5.91 Å². The zero-order valence-electron chi connectivity index (χ0n) is 14.2. The topological polar surface area (TPSA) is 55.6 Å². The van der Waals surface area contributed by atoms with Gasteiger partial charge in [0, 0.05) is 13.1 Å². The van der Waals surface area contributed by atoms with Crippen LogP contribution in [0.1, 0.15) is 24.8 Å². The van der Waals surface area contributed by atoms with E-state index in [1.165, 1.54) is 0 Å². The third kappa shape index (κ3) is 3.65. The highest BCUT2D eigenvalue weighted by Crippen LogP contribution is 2.27. The van der Waals surface area contributed by atoms with Gasteiger partial charge >= 0.3 is 0 Å². The first-order valence-electron chi connectivity index (χ1n) is 8.19. The normalized spacial score (nSPS) is 18.3. The van der Waals surface area contributed by atoms with E-state index in [2.05, 4.69) is 12.1 Å². The smallest absolute Gasteiger partial charge is 0.229 e. The van der Waals surface area contributed by atoms with Crippen molar-refractivity contribution in [3.8, 4) is 5.75 Å². The maximum atomic E-state index is 12.7. The largest absolute Gasteiger partial charge is 0.497 e. The molecule has 0 bridgehead atoms. The Labute approximate surface area is 149 Å². The monoisotopic (exact) mass is 348 g/mol. The van der Waals surface area contributed by atoms with Crippen LogP contribution in [-0.4, -0.2) is 37.6 Å². The second kappa shape index (κ2) is 7.86. The van der Waals surface area contributed by atoms with E-state index in [-0.39, 0.29) is 24.2 Å². The summed E-state index contributed by atoms with van der Waals surface area (Å²) >= 11 is 0. The number of likely N-dealkylation sites (tertiary alicyclic amines) is 1. The van der Waals surface area contributed by atoms with Crippen LogP contribution in [0, 0.1) is 5.92 Å². The molecule has 0 aromatic heterocycles. The number of methoxy groups -OCH3 is 1. The van der Waals surface area contributed by atoms with Crippen LogP contribution in [0.25, 0.3) is 10.8 Å². The number of carbonyl (C=O) groups is 1. The zero-order chi connectivity index (χ0) is 16.4. The summed E-state index contributed by atoms with van der Waals surface area (Å²) < 4.78 is 5.26. The highest BCUT2D eigenvalue weighted by molar-refractivity contribution is 5.88. The molecule has 4 nitrogen and oxygen atoms in total. The summed E-state index contributed by atoms with van der Waals surface area (Å²) in [6, 6.07) is 12.2. The summed E-state index contributed by atoms with van der Waals surface area (Å²) in [5.41, 5.74) is 6.78. The van der Waals surface area contributed by atoms with Crippen molar-refractivity contribution >= 4 is 29.1 Å². The zero-order valence-corrected chi connectivity index (χ0v) is 15.0. The number of carbonyl (C=O) groups excluding carboxylic acids is 1. The summed E-state index contributed by atoms with van der Waals surface area (Å²) in [6.45, 7) is 4.28. The molecule has 1 heterocycles. The van der Waals surface area contributed by atoms with E-state index in [1.54, 1.807) is 7.11 Å². The molecule has 2 atom stereocenters. The first-order chi connectivity index (χ1) is 11.1. The van der Waals surface area contributed by atoms with Crippen molar-refractivity contribution in [2.45, 2.75) is 19.3 Å². The third-order valence-electron chi connectivity index (χ3n) is 4.87. The molecule has 1 saturated heterocycles. The van der Waals surface area contributed by atoms with E-state index in [4.69, 9.17) is 10.5 Å². The Balaban J connectivity index is 0.00000208. The second-order valence-corrected chi connectivity index (χ2v) is 6.37. The second-order valence-electron chi connectivity index (χ2n) is 6.37. The standard InChI is InChI=1S/C19H24N2O2.ClH/c1-13(19(22)21-8-7-14(11-20)12-21)15-3-4-17-10-18(23-2)6-5-16(17)9-15;/h3-6,9-10,13-14H,7-8,11-12,20H2,1-2H3;1H. The van der Waals surface area contributed by atoms with E-state index >= 15 is 0 Å². The molecule has 130 valence electrons. The molecule has 0 saturated carbocycles. The number of nitrogens with zero attached hydrogens (tertiary/aromatic N) is 1. The number of halogens is 1. The van der Waals surface area contributed by atoms with E-state index in [9.17, 15) is 4.79 Å². The lowest BCUT2D eigenvalue weighted by Crippen LogP contribution is -2.33. The highest BCUT2D eigenvalue weighted by Gasteiger charge is 2.28. The van der Waals surface area contributed by atoms with Crippen LogP contribution in [0.15, 0.2) is 36.4 Å². The van der Waals surface area contributed by atoms with Crippen molar-refractivity contribution in [2.75, 3.05) is 26.7 Å². The van der Waals surface area contributed by atoms with Crippen molar-refractivity contribution in [1.29, 1.82) is 0 Å². The molecule has 0 aliphatic carbocycles. The number of fused-ring (bicyclic) bond motifs is 1. The van der Waals surface area contributed by atoms with Gasteiger partial charge < -0.3 is 15.4 Å². The summed E-state index contributed by atoms with van der Waals surface area (Å²) in [5.74, 6) is 1.38. The Morgan fingerprint density at radius 1 is 1.29 bits per heavy atom. The lowest BCUT2D eigenvalue weighted by Gasteiger charge is -2.21. The average Bonchev–Trinajstić information content (AvgIpc) is 3.08. The number of ether oxygens (including phenoxy) is 1. The molecule has 2 N–H and O–H groups in total.